The van der Waals surface area contributed by atoms with E-state index < -0.39 is 28.1 Å². The molecule has 0 saturated carbocycles. The van der Waals surface area contributed by atoms with Crippen LogP contribution in [-0.2, 0) is 30.8 Å². The van der Waals surface area contributed by atoms with Crippen LogP contribution in [0, 0.1) is 6.92 Å². The number of rotatable bonds is 7. The summed E-state index contributed by atoms with van der Waals surface area (Å²) in [5, 5.41) is 5.12. The SMILES string of the molecule is CCOC1Oc2ccc(CS(=O)(=O)O)cc2C1(C)C.COC(=O)Nc1cccc(OC(=O)Nc2cccc(C)c2)c1. The van der Waals surface area contributed by atoms with E-state index >= 15 is 0 Å². The van der Waals surface area contributed by atoms with Crippen LogP contribution >= 0.6 is 0 Å². The van der Waals surface area contributed by atoms with Crippen molar-refractivity contribution in [3.63, 3.8) is 0 Å². The number of methoxy groups -OCH3 is 1. The molecule has 1 heterocycles. The molecule has 4 rings (SSSR count). The van der Waals surface area contributed by atoms with Gasteiger partial charge in [-0.1, -0.05) is 30.3 Å². The van der Waals surface area contributed by atoms with Crippen molar-refractivity contribution in [1.82, 2.24) is 0 Å². The molecule has 3 aromatic carbocycles. The number of hydrogen-bond donors (Lipinski definition) is 3. The Hall–Kier alpha value is -4.13. The molecule has 0 radical (unpaired) electrons. The van der Waals surface area contributed by atoms with Gasteiger partial charge in [-0.15, -0.1) is 0 Å². The van der Waals surface area contributed by atoms with Gasteiger partial charge < -0.3 is 18.9 Å². The minimum atomic E-state index is -4.03. The van der Waals surface area contributed by atoms with E-state index in [1.54, 1.807) is 42.5 Å². The molecule has 11 nitrogen and oxygen atoms in total. The number of fused-ring (bicyclic) bond motifs is 1. The minimum Gasteiger partial charge on any atom is -0.464 e. The smallest absolute Gasteiger partial charge is 0.417 e. The lowest BCUT2D eigenvalue weighted by Gasteiger charge is -2.25. The molecule has 0 spiro atoms. The van der Waals surface area contributed by atoms with E-state index in [0.29, 0.717) is 35.0 Å². The van der Waals surface area contributed by atoms with Gasteiger partial charge in [0.25, 0.3) is 10.1 Å². The average molecular weight is 587 g/mol. The summed E-state index contributed by atoms with van der Waals surface area (Å²) in [6, 6.07) is 18.9. The van der Waals surface area contributed by atoms with Gasteiger partial charge >= 0.3 is 12.2 Å². The molecule has 0 aromatic heterocycles. The predicted octanol–water partition coefficient (Wildman–Crippen LogP) is 5.89. The Bertz CT molecular complexity index is 1490. The molecule has 0 saturated heterocycles. The summed E-state index contributed by atoms with van der Waals surface area (Å²) < 4.78 is 51.7. The normalized spacial score (nSPS) is 14.9. The molecule has 1 aliphatic rings. The van der Waals surface area contributed by atoms with Gasteiger partial charge in [-0.2, -0.15) is 8.42 Å². The molecule has 12 heteroatoms. The lowest BCUT2D eigenvalue weighted by atomic mass is 9.85. The van der Waals surface area contributed by atoms with Crippen molar-refractivity contribution in [2.45, 2.75) is 45.2 Å². The molecule has 0 bridgehead atoms. The number of amides is 2. The van der Waals surface area contributed by atoms with Crippen LogP contribution < -0.4 is 20.1 Å². The molecule has 2 amide bonds. The maximum atomic E-state index is 11.8. The number of hydrogen-bond acceptors (Lipinski definition) is 8. The maximum absolute atomic E-state index is 11.8. The number of anilines is 2. The highest BCUT2D eigenvalue weighted by Crippen LogP contribution is 2.43. The third kappa shape index (κ3) is 9.20. The topological polar surface area (TPSA) is 149 Å². The first-order chi connectivity index (χ1) is 19.3. The number of carbonyl (C=O) groups excluding carboxylic acids is 2. The second kappa shape index (κ2) is 13.5. The predicted molar refractivity (Wildman–Crippen MR) is 154 cm³/mol. The molecular weight excluding hydrogens is 552 g/mol. The van der Waals surface area contributed by atoms with E-state index in [-0.39, 0.29) is 11.7 Å². The molecule has 3 N–H and O–H groups in total. The van der Waals surface area contributed by atoms with Gasteiger partial charge in [0.1, 0.15) is 17.3 Å². The van der Waals surface area contributed by atoms with Gasteiger partial charge in [-0.25, -0.2) is 9.59 Å². The van der Waals surface area contributed by atoms with Crippen LogP contribution in [0.5, 0.6) is 11.5 Å². The van der Waals surface area contributed by atoms with Crippen molar-refractivity contribution in [3.8, 4) is 11.5 Å². The summed E-state index contributed by atoms with van der Waals surface area (Å²) >= 11 is 0. The first-order valence-electron chi connectivity index (χ1n) is 12.7. The summed E-state index contributed by atoms with van der Waals surface area (Å²) in [7, 11) is -2.76. The summed E-state index contributed by atoms with van der Waals surface area (Å²) in [6.07, 6.45) is -1.59. The molecule has 1 atom stereocenters. The van der Waals surface area contributed by atoms with Crippen molar-refractivity contribution in [2.75, 3.05) is 24.4 Å². The van der Waals surface area contributed by atoms with Crippen LogP contribution in [0.4, 0.5) is 21.0 Å². The van der Waals surface area contributed by atoms with Crippen LogP contribution in [0.25, 0.3) is 0 Å². The lowest BCUT2D eigenvalue weighted by molar-refractivity contribution is -0.0981. The number of aryl methyl sites for hydroxylation is 1. The molecule has 0 aliphatic carbocycles. The van der Waals surface area contributed by atoms with Gasteiger partial charge in [0.05, 0.1) is 12.5 Å². The Balaban J connectivity index is 0.000000228. The van der Waals surface area contributed by atoms with Crippen LogP contribution in [0.1, 0.15) is 37.5 Å². The first-order valence-corrected chi connectivity index (χ1v) is 14.3. The maximum Gasteiger partial charge on any atom is 0.417 e. The Morgan fingerprint density at radius 3 is 2.27 bits per heavy atom. The summed E-state index contributed by atoms with van der Waals surface area (Å²) in [5.41, 5.74) is 3.21. The first kappa shape index (κ1) is 31.4. The molecule has 3 aromatic rings. The van der Waals surface area contributed by atoms with E-state index in [4.69, 9.17) is 18.8 Å². The Labute approximate surface area is 239 Å². The van der Waals surface area contributed by atoms with E-state index in [0.717, 1.165) is 11.1 Å². The highest BCUT2D eigenvalue weighted by molar-refractivity contribution is 7.85. The molecule has 41 heavy (non-hydrogen) atoms. The third-order valence-corrected chi connectivity index (χ3v) is 6.67. The molecule has 0 fully saturated rings. The molecule has 220 valence electrons. The van der Waals surface area contributed by atoms with E-state index in [2.05, 4.69) is 15.4 Å². The van der Waals surface area contributed by atoms with Gasteiger partial charge in [-0.05, 0) is 69.2 Å². The van der Waals surface area contributed by atoms with Crippen molar-refractivity contribution in [2.24, 2.45) is 0 Å². The largest absolute Gasteiger partial charge is 0.464 e. The van der Waals surface area contributed by atoms with Crippen LogP contribution in [0.15, 0.2) is 66.7 Å². The summed E-state index contributed by atoms with van der Waals surface area (Å²) in [4.78, 5) is 23.0. The standard InChI is InChI=1S/C16H16N2O4.C13H18O5S/c1-11-5-3-6-12(9-11)18-16(20)22-14-8-4-7-13(10-14)17-15(19)21-2;1-4-17-12-13(2,3)10-7-9(8-19(14,15)16)5-6-11(10)18-12/h3-10H,1-2H3,(H,17,19)(H,18,20);5-7,12H,4,8H2,1-3H3,(H,14,15,16). The summed E-state index contributed by atoms with van der Waals surface area (Å²) in [5.74, 6) is 0.608. The van der Waals surface area contributed by atoms with Crippen LogP contribution in [-0.4, -0.2) is 45.2 Å². The quantitative estimate of drug-likeness (QED) is 0.288. The van der Waals surface area contributed by atoms with Crippen molar-refractivity contribution >= 4 is 33.7 Å². The number of ether oxygens (including phenoxy) is 4. The third-order valence-electron chi connectivity index (χ3n) is 5.97. The van der Waals surface area contributed by atoms with Crippen LogP contribution in [0.2, 0.25) is 0 Å². The zero-order valence-corrected chi connectivity index (χ0v) is 24.3. The van der Waals surface area contributed by atoms with Crippen molar-refractivity contribution < 1.29 is 41.5 Å². The Morgan fingerprint density at radius 2 is 1.63 bits per heavy atom. The van der Waals surface area contributed by atoms with Crippen molar-refractivity contribution in [3.05, 3.63) is 83.4 Å². The second-order valence-electron chi connectivity index (χ2n) is 9.71. The van der Waals surface area contributed by atoms with Gasteiger partial charge in [-0.3, -0.25) is 15.2 Å². The fourth-order valence-electron chi connectivity index (χ4n) is 4.05. The average Bonchev–Trinajstić information content (AvgIpc) is 3.13. The zero-order valence-electron chi connectivity index (χ0n) is 23.5. The highest BCUT2D eigenvalue weighted by atomic mass is 32.2. The number of benzene rings is 3. The second-order valence-corrected chi connectivity index (χ2v) is 11.2. The molecular formula is C29H34N2O9S. The highest BCUT2D eigenvalue weighted by Gasteiger charge is 2.42. The lowest BCUT2D eigenvalue weighted by Crippen LogP contribution is -2.34. The molecule has 1 aliphatic heterocycles. The van der Waals surface area contributed by atoms with Crippen LogP contribution in [0.3, 0.4) is 0 Å². The fraction of sp³-hybridized carbons (Fsp3) is 0.310. The molecule has 1 unspecified atom stereocenters. The number of carbonyl (C=O) groups is 2. The van der Waals surface area contributed by atoms with Gasteiger partial charge in [0, 0.05) is 29.6 Å². The van der Waals surface area contributed by atoms with Crippen molar-refractivity contribution in [1.29, 1.82) is 0 Å². The summed E-state index contributed by atoms with van der Waals surface area (Å²) in [6.45, 7) is 8.33. The van der Waals surface area contributed by atoms with E-state index in [1.165, 1.54) is 13.2 Å². The van der Waals surface area contributed by atoms with E-state index in [1.807, 2.05) is 45.9 Å². The monoisotopic (exact) mass is 586 g/mol. The van der Waals surface area contributed by atoms with Gasteiger partial charge in [0.15, 0.2) is 0 Å². The Morgan fingerprint density at radius 1 is 0.976 bits per heavy atom. The van der Waals surface area contributed by atoms with Gasteiger partial charge in [0.2, 0.25) is 6.29 Å². The van der Waals surface area contributed by atoms with E-state index in [9.17, 15) is 18.0 Å². The Kier molecular flexibility index (Phi) is 10.3. The zero-order chi connectivity index (χ0) is 30.2. The fourth-order valence-corrected chi connectivity index (χ4v) is 4.65. The minimum absolute atomic E-state index is 0.305. The number of nitrogens with one attached hydrogen (secondary N) is 2.